The Morgan fingerprint density at radius 1 is 1.12 bits per heavy atom. The Balaban J connectivity index is 1.44. The van der Waals surface area contributed by atoms with Gasteiger partial charge in [0.15, 0.2) is 0 Å². The third-order valence-corrected chi connectivity index (χ3v) is 6.90. The number of fused-ring (bicyclic) bond motifs is 1. The molecule has 2 aromatic carbocycles. The van der Waals surface area contributed by atoms with Gasteiger partial charge < -0.3 is 20.1 Å². The molecule has 1 saturated carbocycles. The Kier molecular flexibility index (Phi) is 6.61. The van der Waals surface area contributed by atoms with Gasteiger partial charge >= 0.3 is 0 Å². The van der Waals surface area contributed by atoms with E-state index in [0.29, 0.717) is 18.0 Å². The third kappa shape index (κ3) is 4.56. The van der Waals surface area contributed by atoms with Crippen LogP contribution in [0.2, 0.25) is 0 Å². The summed E-state index contributed by atoms with van der Waals surface area (Å²) in [7, 11) is 0. The molecule has 2 aliphatic rings. The number of hydrogen-bond donors (Lipinski definition) is 3. The van der Waals surface area contributed by atoms with Crippen molar-refractivity contribution in [2.45, 2.75) is 57.2 Å². The summed E-state index contributed by atoms with van der Waals surface area (Å²) in [5.74, 6) is 0.766. The summed E-state index contributed by atoms with van der Waals surface area (Å²) in [5.41, 5.74) is 5.43. The van der Waals surface area contributed by atoms with Crippen LogP contribution in [0.1, 0.15) is 60.5 Å². The minimum Gasteiger partial charge on any atom is -0.396 e. The number of nitrogens with zero attached hydrogens (tertiary/aromatic N) is 2. The molecule has 6 nitrogen and oxygen atoms in total. The average Bonchev–Trinajstić information content (AvgIpc) is 3.52. The maximum Gasteiger partial charge on any atom is 0.251 e. The van der Waals surface area contributed by atoms with Crippen LogP contribution < -0.4 is 5.32 Å². The Morgan fingerprint density at radius 2 is 1.97 bits per heavy atom. The van der Waals surface area contributed by atoms with Crippen LogP contribution >= 0.6 is 0 Å². The van der Waals surface area contributed by atoms with Gasteiger partial charge in [-0.25, -0.2) is 4.98 Å². The largest absolute Gasteiger partial charge is 0.396 e. The number of allylic oxidation sites excluding steroid dienone is 1. The molecule has 0 spiro atoms. The number of hydrogen-bond acceptors (Lipinski definition) is 4. The predicted molar refractivity (Wildman–Crippen MR) is 133 cm³/mol. The van der Waals surface area contributed by atoms with Gasteiger partial charge in [-0.3, -0.25) is 4.79 Å². The van der Waals surface area contributed by atoms with E-state index in [0.717, 1.165) is 52.8 Å². The highest BCUT2D eigenvalue weighted by Crippen LogP contribution is 2.37. The Hall–Kier alpha value is -3.22. The van der Waals surface area contributed by atoms with E-state index in [4.69, 9.17) is 10.1 Å². The lowest BCUT2D eigenvalue weighted by molar-refractivity contribution is 0.0944. The van der Waals surface area contributed by atoms with Crippen molar-refractivity contribution in [1.29, 1.82) is 0 Å². The zero-order valence-electron chi connectivity index (χ0n) is 19.3. The van der Waals surface area contributed by atoms with Crippen molar-refractivity contribution in [3.63, 3.8) is 0 Å². The molecule has 3 N–H and O–H groups in total. The molecule has 5 rings (SSSR count). The van der Waals surface area contributed by atoms with Crippen LogP contribution in [-0.4, -0.2) is 38.3 Å². The molecule has 3 aromatic rings. The summed E-state index contributed by atoms with van der Waals surface area (Å²) in [6.45, 7) is 0.121. The molecule has 2 aliphatic carbocycles. The molecule has 0 aliphatic heterocycles. The van der Waals surface area contributed by atoms with Gasteiger partial charge in [-0.2, -0.15) is 0 Å². The average molecular weight is 458 g/mol. The van der Waals surface area contributed by atoms with Gasteiger partial charge in [0, 0.05) is 23.8 Å². The maximum absolute atomic E-state index is 13.0. The first-order valence-corrected chi connectivity index (χ1v) is 12.2. The number of amides is 1. The van der Waals surface area contributed by atoms with E-state index in [1.54, 1.807) is 0 Å². The Labute approximate surface area is 199 Å². The van der Waals surface area contributed by atoms with Crippen LogP contribution in [0, 0.1) is 0 Å². The van der Waals surface area contributed by atoms with Crippen molar-refractivity contribution in [3.05, 3.63) is 77.4 Å². The lowest BCUT2D eigenvalue weighted by atomic mass is 10.0. The van der Waals surface area contributed by atoms with E-state index >= 15 is 0 Å². The highest BCUT2D eigenvalue weighted by Gasteiger charge is 2.24. The zero-order valence-corrected chi connectivity index (χ0v) is 19.3. The number of aromatic nitrogens is 2. The van der Waals surface area contributed by atoms with Crippen LogP contribution in [0.5, 0.6) is 0 Å². The summed E-state index contributed by atoms with van der Waals surface area (Å²) in [6, 6.07) is 14.0. The standard InChI is InChI=1S/C28H31N3O3/c32-15-14-19-8-11-23(12-9-19)29-28(34)22-5-3-4-21(17-22)27-30-25-16-20(18-33)10-13-26(25)31(27)24-6-1-2-7-24/h3-5,8-11,13,16-17,23-24,32-33H,1-2,6-7,12,14-15,18H2,(H,29,34). The number of benzene rings is 2. The smallest absolute Gasteiger partial charge is 0.251 e. The minimum absolute atomic E-state index is 0.0104. The van der Waals surface area contributed by atoms with Crippen molar-refractivity contribution in [2.75, 3.05) is 6.61 Å². The lowest BCUT2D eigenvalue weighted by Gasteiger charge is -2.19. The molecule has 1 fully saturated rings. The molecule has 0 radical (unpaired) electrons. The second-order valence-corrected chi connectivity index (χ2v) is 9.23. The first-order chi connectivity index (χ1) is 16.7. The van der Waals surface area contributed by atoms with E-state index in [2.05, 4.69) is 22.0 Å². The molecule has 176 valence electrons. The SMILES string of the molecule is O=C(NC1C=CC(CCO)=CC1)c1cccc(-c2nc3cc(CO)ccc3n2C2CCCC2)c1. The van der Waals surface area contributed by atoms with Gasteiger partial charge in [-0.05, 0) is 61.1 Å². The minimum atomic E-state index is -0.110. The molecular formula is C28H31N3O3. The summed E-state index contributed by atoms with van der Waals surface area (Å²) >= 11 is 0. The fourth-order valence-electron chi connectivity index (χ4n) is 5.12. The first-order valence-electron chi connectivity index (χ1n) is 12.2. The third-order valence-electron chi connectivity index (χ3n) is 6.90. The van der Waals surface area contributed by atoms with Crippen molar-refractivity contribution < 1.29 is 15.0 Å². The summed E-state index contributed by atoms with van der Waals surface area (Å²) < 4.78 is 2.33. The Morgan fingerprint density at radius 3 is 2.71 bits per heavy atom. The van der Waals surface area contributed by atoms with Crippen LogP contribution in [0.15, 0.2) is 66.3 Å². The first kappa shape index (κ1) is 22.6. The number of imidazole rings is 1. The molecule has 0 bridgehead atoms. The number of carbonyl (C=O) groups excluding carboxylic acids is 1. The highest BCUT2D eigenvalue weighted by atomic mass is 16.3. The van der Waals surface area contributed by atoms with E-state index < -0.39 is 0 Å². The zero-order chi connectivity index (χ0) is 23.5. The molecule has 0 saturated heterocycles. The fraction of sp³-hybridized carbons (Fsp3) is 0.357. The molecule has 6 heteroatoms. The molecule has 1 heterocycles. The van der Waals surface area contributed by atoms with Crippen LogP contribution in [0.3, 0.4) is 0 Å². The van der Waals surface area contributed by atoms with Crippen LogP contribution in [-0.2, 0) is 6.61 Å². The molecule has 1 unspecified atom stereocenters. The highest BCUT2D eigenvalue weighted by molar-refractivity contribution is 5.96. The molecule has 1 aromatic heterocycles. The monoisotopic (exact) mass is 457 g/mol. The van der Waals surface area contributed by atoms with E-state index in [9.17, 15) is 9.90 Å². The van der Waals surface area contributed by atoms with E-state index in [1.807, 2.05) is 48.6 Å². The number of aliphatic hydroxyl groups is 2. The van der Waals surface area contributed by atoms with Gasteiger partial charge in [0.05, 0.1) is 23.7 Å². The summed E-state index contributed by atoms with van der Waals surface area (Å²) in [4.78, 5) is 18.0. The second-order valence-electron chi connectivity index (χ2n) is 9.23. The van der Waals surface area contributed by atoms with Crippen molar-refractivity contribution >= 4 is 16.9 Å². The normalized spacial score (nSPS) is 18.4. The van der Waals surface area contributed by atoms with E-state index in [-0.39, 0.29) is 25.2 Å². The van der Waals surface area contributed by atoms with Crippen molar-refractivity contribution in [1.82, 2.24) is 14.9 Å². The van der Waals surface area contributed by atoms with Crippen molar-refractivity contribution in [3.8, 4) is 11.4 Å². The summed E-state index contributed by atoms with van der Waals surface area (Å²) in [6.07, 6.45) is 12.1. The Bertz CT molecular complexity index is 1250. The van der Waals surface area contributed by atoms with Gasteiger partial charge in [0.25, 0.3) is 5.91 Å². The van der Waals surface area contributed by atoms with Crippen LogP contribution in [0.4, 0.5) is 0 Å². The van der Waals surface area contributed by atoms with E-state index in [1.165, 1.54) is 12.8 Å². The predicted octanol–water partition coefficient (Wildman–Crippen LogP) is 4.68. The number of nitrogens with one attached hydrogen (secondary N) is 1. The quantitative estimate of drug-likeness (QED) is 0.481. The molecular weight excluding hydrogens is 426 g/mol. The van der Waals surface area contributed by atoms with Gasteiger partial charge in [-0.1, -0.05) is 49.3 Å². The number of carbonyl (C=O) groups is 1. The number of aliphatic hydroxyl groups excluding tert-OH is 2. The maximum atomic E-state index is 13.0. The fourth-order valence-corrected chi connectivity index (χ4v) is 5.12. The lowest BCUT2D eigenvalue weighted by Crippen LogP contribution is -2.33. The second kappa shape index (κ2) is 9.95. The molecule has 1 atom stereocenters. The number of rotatable bonds is 7. The van der Waals surface area contributed by atoms with Gasteiger partial charge in [0.1, 0.15) is 5.82 Å². The van der Waals surface area contributed by atoms with Crippen LogP contribution in [0.25, 0.3) is 22.4 Å². The van der Waals surface area contributed by atoms with Crippen molar-refractivity contribution in [2.24, 2.45) is 0 Å². The molecule has 1 amide bonds. The van der Waals surface area contributed by atoms with Gasteiger partial charge in [0.2, 0.25) is 0 Å². The van der Waals surface area contributed by atoms with Gasteiger partial charge in [-0.15, -0.1) is 0 Å². The molecule has 34 heavy (non-hydrogen) atoms. The topological polar surface area (TPSA) is 87.4 Å². The summed E-state index contributed by atoms with van der Waals surface area (Å²) in [5, 5.41) is 21.8.